The lowest BCUT2D eigenvalue weighted by Crippen LogP contribution is -2.38. The summed E-state index contributed by atoms with van der Waals surface area (Å²) in [6.45, 7) is 4.11. The van der Waals surface area contributed by atoms with Crippen LogP contribution in [0, 0.1) is 0 Å². The van der Waals surface area contributed by atoms with E-state index in [1.165, 1.54) is 0 Å². The maximum atomic E-state index is 10.7. The Labute approximate surface area is 101 Å². The Bertz CT molecular complexity index is 351. The van der Waals surface area contributed by atoms with Crippen molar-refractivity contribution in [3.63, 3.8) is 0 Å². The van der Waals surface area contributed by atoms with Crippen LogP contribution in [-0.4, -0.2) is 40.2 Å². The van der Waals surface area contributed by atoms with Crippen LogP contribution in [0.4, 0.5) is 0 Å². The second kappa shape index (κ2) is 6.37. The molecule has 0 fully saturated rings. The van der Waals surface area contributed by atoms with Gasteiger partial charge in [-0.3, -0.25) is 9.69 Å². The Hall–Kier alpha value is -1.39. The molecule has 1 atom stereocenters. The van der Waals surface area contributed by atoms with Crippen LogP contribution in [-0.2, 0) is 4.79 Å². The Morgan fingerprint density at radius 3 is 2.35 bits per heavy atom. The van der Waals surface area contributed by atoms with E-state index < -0.39 is 12.1 Å². The molecule has 4 heteroatoms. The molecular formula is C13H19NO3. The Morgan fingerprint density at radius 1 is 1.29 bits per heavy atom. The monoisotopic (exact) mass is 237 g/mol. The molecule has 0 amide bonds. The fourth-order valence-electron chi connectivity index (χ4n) is 1.63. The van der Waals surface area contributed by atoms with E-state index in [1.54, 1.807) is 4.90 Å². The Balaban J connectivity index is 2.64. The lowest BCUT2D eigenvalue weighted by atomic mass is 10.1. The van der Waals surface area contributed by atoms with E-state index in [1.807, 2.05) is 44.2 Å². The number of hydrogen-bond acceptors (Lipinski definition) is 3. The Kier molecular flexibility index (Phi) is 5.12. The summed E-state index contributed by atoms with van der Waals surface area (Å²) in [6.07, 6.45) is -0.655. The van der Waals surface area contributed by atoms with E-state index in [4.69, 9.17) is 5.11 Å². The van der Waals surface area contributed by atoms with E-state index in [9.17, 15) is 9.90 Å². The van der Waals surface area contributed by atoms with Gasteiger partial charge in [0.2, 0.25) is 0 Å². The fraction of sp³-hybridized carbons (Fsp3) is 0.462. The molecule has 1 aromatic rings. The van der Waals surface area contributed by atoms with E-state index >= 15 is 0 Å². The van der Waals surface area contributed by atoms with Gasteiger partial charge in [0.15, 0.2) is 0 Å². The minimum Gasteiger partial charge on any atom is -0.480 e. The normalized spacial score (nSPS) is 13.0. The number of carboxylic acids is 1. The number of aliphatic hydroxyl groups excluding tert-OH is 1. The van der Waals surface area contributed by atoms with Crippen LogP contribution in [0.15, 0.2) is 30.3 Å². The van der Waals surface area contributed by atoms with Crippen molar-refractivity contribution in [3.05, 3.63) is 35.9 Å². The maximum Gasteiger partial charge on any atom is 0.317 e. The number of carboxylic acid groups (broad SMARTS) is 1. The highest BCUT2D eigenvalue weighted by molar-refractivity contribution is 5.69. The highest BCUT2D eigenvalue weighted by Crippen LogP contribution is 2.14. The number of rotatable bonds is 6. The summed E-state index contributed by atoms with van der Waals surface area (Å²) in [4.78, 5) is 12.4. The van der Waals surface area contributed by atoms with Crippen molar-refractivity contribution in [2.75, 3.05) is 13.1 Å². The molecule has 0 heterocycles. The van der Waals surface area contributed by atoms with Gasteiger partial charge in [-0.25, -0.2) is 0 Å². The fourth-order valence-corrected chi connectivity index (χ4v) is 1.63. The van der Waals surface area contributed by atoms with E-state index in [-0.39, 0.29) is 12.6 Å². The molecule has 0 saturated carbocycles. The van der Waals surface area contributed by atoms with Crippen molar-refractivity contribution in [3.8, 4) is 0 Å². The van der Waals surface area contributed by atoms with Crippen LogP contribution >= 0.6 is 0 Å². The second-order valence-corrected chi connectivity index (χ2v) is 4.34. The maximum absolute atomic E-state index is 10.7. The molecule has 0 bridgehead atoms. The predicted molar refractivity (Wildman–Crippen MR) is 65.7 cm³/mol. The van der Waals surface area contributed by atoms with Gasteiger partial charge in [-0.05, 0) is 19.4 Å². The zero-order chi connectivity index (χ0) is 12.8. The van der Waals surface area contributed by atoms with Crippen LogP contribution in [0.25, 0.3) is 0 Å². The first-order valence-corrected chi connectivity index (χ1v) is 5.69. The molecule has 0 aliphatic carbocycles. The van der Waals surface area contributed by atoms with Crippen LogP contribution < -0.4 is 0 Å². The van der Waals surface area contributed by atoms with E-state index in [0.717, 1.165) is 5.56 Å². The molecule has 0 aliphatic heterocycles. The van der Waals surface area contributed by atoms with Gasteiger partial charge < -0.3 is 10.2 Å². The van der Waals surface area contributed by atoms with Crippen molar-refractivity contribution in [2.24, 2.45) is 0 Å². The molecule has 0 radical (unpaired) electrons. The highest BCUT2D eigenvalue weighted by atomic mass is 16.4. The van der Waals surface area contributed by atoms with Crippen LogP contribution in [0.5, 0.6) is 0 Å². The molecule has 0 saturated heterocycles. The van der Waals surface area contributed by atoms with Crippen molar-refractivity contribution in [1.82, 2.24) is 4.90 Å². The van der Waals surface area contributed by atoms with Gasteiger partial charge in [0, 0.05) is 12.6 Å². The lowest BCUT2D eigenvalue weighted by Gasteiger charge is -2.27. The third-order valence-corrected chi connectivity index (χ3v) is 2.66. The predicted octanol–water partition coefficient (Wildman–Crippen LogP) is 1.51. The van der Waals surface area contributed by atoms with E-state index in [0.29, 0.717) is 6.54 Å². The highest BCUT2D eigenvalue weighted by Gasteiger charge is 2.18. The number of nitrogens with zero attached hydrogens (tertiary/aromatic N) is 1. The summed E-state index contributed by atoms with van der Waals surface area (Å²) in [6, 6.07) is 9.36. The van der Waals surface area contributed by atoms with Crippen LogP contribution in [0.2, 0.25) is 0 Å². The minimum atomic E-state index is -0.876. The number of carbonyl (C=O) groups is 1. The SMILES string of the molecule is CC(C)N(CC(=O)O)CC(O)c1ccccc1. The average molecular weight is 237 g/mol. The molecule has 4 nitrogen and oxygen atoms in total. The zero-order valence-corrected chi connectivity index (χ0v) is 10.2. The topological polar surface area (TPSA) is 60.8 Å². The van der Waals surface area contributed by atoms with Crippen molar-refractivity contribution >= 4 is 5.97 Å². The van der Waals surface area contributed by atoms with Gasteiger partial charge in [-0.2, -0.15) is 0 Å². The van der Waals surface area contributed by atoms with Crippen molar-refractivity contribution in [2.45, 2.75) is 26.0 Å². The smallest absolute Gasteiger partial charge is 0.317 e. The molecule has 1 rings (SSSR count). The number of hydrogen-bond donors (Lipinski definition) is 2. The summed E-state index contributed by atoms with van der Waals surface area (Å²) in [5, 5.41) is 18.8. The second-order valence-electron chi connectivity index (χ2n) is 4.34. The number of aliphatic hydroxyl groups is 1. The van der Waals surface area contributed by atoms with Gasteiger partial charge in [-0.15, -0.1) is 0 Å². The van der Waals surface area contributed by atoms with Crippen LogP contribution in [0.1, 0.15) is 25.5 Å². The van der Waals surface area contributed by atoms with Gasteiger partial charge >= 0.3 is 5.97 Å². The first-order chi connectivity index (χ1) is 8.00. The molecular weight excluding hydrogens is 218 g/mol. The molecule has 1 unspecified atom stereocenters. The quantitative estimate of drug-likeness (QED) is 0.787. The van der Waals surface area contributed by atoms with Crippen molar-refractivity contribution in [1.29, 1.82) is 0 Å². The largest absolute Gasteiger partial charge is 0.480 e. The van der Waals surface area contributed by atoms with Crippen molar-refractivity contribution < 1.29 is 15.0 Å². The van der Waals surface area contributed by atoms with Gasteiger partial charge in [0.1, 0.15) is 0 Å². The molecule has 0 aliphatic rings. The number of benzene rings is 1. The summed E-state index contributed by atoms with van der Waals surface area (Å²) in [7, 11) is 0. The summed E-state index contributed by atoms with van der Waals surface area (Å²) < 4.78 is 0. The van der Waals surface area contributed by atoms with Gasteiger partial charge in [0.25, 0.3) is 0 Å². The zero-order valence-electron chi connectivity index (χ0n) is 10.2. The molecule has 94 valence electrons. The summed E-state index contributed by atoms with van der Waals surface area (Å²) >= 11 is 0. The first kappa shape index (κ1) is 13.7. The molecule has 2 N–H and O–H groups in total. The molecule has 17 heavy (non-hydrogen) atoms. The Morgan fingerprint density at radius 2 is 1.88 bits per heavy atom. The van der Waals surface area contributed by atoms with E-state index in [2.05, 4.69) is 0 Å². The van der Waals surface area contributed by atoms with Gasteiger partial charge in [0.05, 0.1) is 12.6 Å². The number of aliphatic carboxylic acids is 1. The van der Waals surface area contributed by atoms with Crippen LogP contribution in [0.3, 0.4) is 0 Å². The lowest BCUT2D eigenvalue weighted by molar-refractivity contribution is -0.139. The summed E-state index contributed by atoms with van der Waals surface area (Å²) in [5.41, 5.74) is 0.809. The first-order valence-electron chi connectivity index (χ1n) is 5.69. The molecule has 0 spiro atoms. The minimum absolute atomic E-state index is 0.0540. The standard InChI is InChI=1S/C13H19NO3/c1-10(2)14(9-13(16)17)8-12(15)11-6-4-3-5-7-11/h3-7,10,12,15H,8-9H2,1-2H3,(H,16,17). The van der Waals surface area contributed by atoms with Gasteiger partial charge in [-0.1, -0.05) is 30.3 Å². The third kappa shape index (κ3) is 4.54. The third-order valence-electron chi connectivity index (χ3n) is 2.66. The average Bonchev–Trinajstić information content (AvgIpc) is 2.28. The molecule has 0 aromatic heterocycles. The molecule has 1 aromatic carbocycles. The summed E-state index contributed by atoms with van der Waals surface area (Å²) in [5.74, 6) is -0.876.